The summed E-state index contributed by atoms with van der Waals surface area (Å²) >= 11 is 1.21. The summed E-state index contributed by atoms with van der Waals surface area (Å²) in [6.45, 7) is 6.33. The number of thioether (sulfide) groups is 1. The number of aliphatic imine (C=N–C) groups is 1. The Hall–Kier alpha value is -4.52. The molecular weight excluding hydrogens is 583 g/mol. The number of amidine groups is 1. The van der Waals surface area contributed by atoms with Crippen LogP contribution in [0.3, 0.4) is 0 Å². The largest absolute Gasteiger partial charge is 0.573 e. The maximum absolute atomic E-state index is 12.7. The first kappa shape index (κ1) is 31.4. The topological polar surface area (TPSA) is 112 Å². The van der Waals surface area contributed by atoms with Gasteiger partial charge in [-0.05, 0) is 78.4 Å². The summed E-state index contributed by atoms with van der Waals surface area (Å²) in [7, 11) is 0. The molecule has 13 heteroatoms. The zero-order valence-corrected chi connectivity index (χ0v) is 24.4. The van der Waals surface area contributed by atoms with Gasteiger partial charge in [0.05, 0.1) is 11.4 Å². The molecule has 4 rings (SSSR count). The van der Waals surface area contributed by atoms with Crippen molar-refractivity contribution in [1.29, 1.82) is 0 Å². The summed E-state index contributed by atoms with van der Waals surface area (Å²) in [6, 6.07) is 16.6. The van der Waals surface area contributed by atoms with Crippen LogP contribution in [0.1, 0.15) is 36.5 Å². The zero-order chi connectivity index (χ0) is 31.1. The van der Waals surface area contributed by atoms with Crippen molar-refractivity contribution in [2.24, 2.45) is 4.99 Å². The fourth-order valence-corrected chi connectivity index (χ4v) is 5.10. The average Bonchev–Trinajstić information content (AvgIpc) is 3.29. The number of urea groups is 2. The van der Waals surface area contributed by atoms with Gasteiger partial charge in [-0.25, -0.2) is 9.59 Å². The van der Waals surface area contributed by atoms with Gasteiger partial charge in [-0.2, -0.15) is 4.99 Å². The fraction of sp³-hybridized carbons (Fsp3) is 0.267. The number of hydrogen-bond donors (Lipinski definition) is 3. The molecule has 0 bridgehead atoms. The van der Waals surface area contributed by atoms with Crippen LogP contribution in [0.25, 0.3) is 0 Å². The Bertz CT molecular complexity index is 1510. The Kier molecular flexibility index (Phi) is 9.96. The van der Waals surface area contributed by atoms with Crippen molar-refractivity contribution in [1.82, 2.24) is 5.32 Å². The van der Waals surface area contributed by atoms with E-state index in [1.807, 2.05) is 39.0 Å². The minimum absolute atomic E-state index is 0.135. The molecule has 43 heavy (non-hydrogen) atoms. The standard InChI is InChI=1S/C30H30F3N5O4S/c1-18(2)24-13-4-19(3)16-25(24)38-26(39)17-43-29(38)37-28(41)36-21-7-5-20(6-8-21)14-15-34-27(40)35-22-9-11-23(12-10-22)42-30(31,32)33/h4-13,16,18H,14-15,17H2,1-3H3,(H,36,41)(H2,34,35,40). The number of ether oxygens (including phenoxy) is 1. The third-order valence-electron chi connectivity index (χ3n) is 6.26. The molecule has 3 aromatic carbocycles. The van der Waals surface area contributed by atoms with Gasteiger partial charge in [-0.3, -0.25) is 9.69 Å². The van der Waals surface area contributed by atoms with Gasteiger partial charge in [0.25, 0.3) is 0 Å². The summed E-state index contributed by atoms with van der Waals surface area (Å²) in [5, 5.41) is 8.25. The van der Waals surface area contributed by atoms with Crippen molar-refractivity contribution >= 4 is 52.0 Å². The Morgan fingerprint density at radius 3 is 2.30 bits per heavy atom. The molecule has 9 nitrogen and oxygen atoms in total. The van der Waals surface area contributed by atoms with Gasteiger partial charge < -0.3 is 20.7 Å². The maximum Gasteiger partial charge on any atom is 0.573 e. The van der Waals surface area contributed by atoms with Gasteiger partial charge in [-0.1, -0.05) is 49.9 Å². The predicted molar refractivity (Wildman–Crippen MR) is 162 cm³/mol. The first-order chi connectivity index (χ1) is 20.4. The first-order valence-corrected chi connectivity index (χ1v) is 14.3. The Labute approximate surface area is 250 Å². The molecule has 0 aromatic heterocycles. The zero-order valence-electron chi connectivity index (χ0n) is 23.6. The summed E-state index contributed by atoms with van der Waals surface area (Å²) < 4.78 is 40.6. The molecule has 1 heterocycles. The second-order valence-electron chi connectivity index (χ2n) is 9.96. The molecule has 0 atom stereocenters. The second kappa shape index (κ2) is 13.6. The number of hydrogen-bond acceptors (Lipinski definition) is 5. The molecule has 0 saturated carbocycles. The lowest BCUT2D eigenvalue weighted by Crippen LogP contribution is -2.31. The smallest absolute Gasteiger partial charge is 0.406 e. The van der Waals surface area contributed by atoms with E-state index in [4.69, 9.17) is 0 Å². The van der Waals surface area contributed by atoms with Crippen molar-refractivity contribution in [3.8, 4) is 5.75 Å². The highest BCUT2D eigenvalue weighted by Gasteiger charge is 2.33. The van der Waals surface area contributed by atoms with E-state index in [9.17, 15) is 27.6 Å². The minimum atomic E-state index is -4.79. The monoisotopic (exact) mass is 613 g/mol. The molecule has 3 N–H and O–H groups in total. The van der Waals surface area contributed by atoms with Gasteiger partial charge in [0.2, 0.25) is 5.91 Å². The van der Waals surface area contributed by atoms with Gasteiger partial charge in [-0.15, -0.1) is 13.2 Å². The molecular formula is C30H30F3N5O4S. The van der Waals surface area contributed by atoms with Gasteiger partial charge in [0.1, 0.15) is 5.75 Å². The number of nitrogens with one attached hydrogen (secondary N) is 3. The lowest BCUT2D eigenvalue weighted by atomic mass is 9.99. The van der Waals surface area contributed by atoms with Crippen LogP contribution in [0.2, 0.25) is 0 Å². The number of nitrogens with zero attached hydrogens (tertiary/aromatic N) is 2. The van der Waals surface area contributed by atoms with Crippen LogP contribution in [-0.2, 0) is 11.2 Å². The molecule has 0 radical (unpaired) electrons. The van der Waals surface area contributed by atoms with Crippen LogP contribution < -0.4 is 25.6 Å². The maximum atomic E-state index is 12.7. The van der Waals surface area contributed by atoms with E-state index >= 15 is 0 Å². The van der Waals surface area contributed by atoms with E-state index in [1.165, 1.54) is 28.8 Å². The Morgan fingerprint density at radius 2 is 1.65 bits per heavy atom. The molecule has 226 valence electrons. The number of amides is 5. The lowest BCUT2D eigenvalue weighted by Gasteiger charge is -2.22. The quantitative estimate of drug-likeness (QED) is 0.252. The van der Waals surface area contributed by atoms with E-state index in [0.29, 0.717) is 29.5 Å². The van der Waals surface area contributed by atoms with Crippen LogP contribution >= 0.6 is 11.8 Å². The lowest BCUT2D eigenvalue weighted by molar-refractivity contribution is -0.274. The molecule has 0 aliphatic carbocycles. The van der Waals surface area contributed by atoms with E-state index < -0.39 is 18.4 Å². The number of aryl methyl sites for hydroxylation is 1. The normalized spacial score (nSPS) is 14.3. The van der Waals surface area contributed by atoms with Crippen molar-refractivity contribution < 1.29 is 32.3 Å². The number of benzene rings is 3. The van der Waals surface area contributed by atoms with Crippen LogP contribution in [0, 0.1) is 6.92 Å². The van der Waals surface area contributed by atoms with Crippen molar-refractivity contribution in [2.45, 2.75) is 39.5 Å². The third-order valence-corrected chi connectivity index (χ3v) is 7.19. The number of halogens is 3. The molecule has 3 aromatic rings. The van der Waals surface area contributed by atoms with Crippen LogP contribution in [0.5, 0.6) is 5.75 Å². The second-order valence-corrected chi connectivity index (χ2v) is 10.9. The summed E-state index contributed by atoms with van der Waals surface area (Å²) in [4.78, 5) is 43.3. The van der Waals surface area contributed by atoms with Gasteiger partial charge in [0.15, 0.2) is 5.17 Å². The number of carbonyl (C=O) groups excluding carboxylic acids is 3. The molecule has 1 saturated heterocycles. The van der Waals surface area contributed by atoms with Gasteiger partial charge in [0, 0.05) is 17.9 Å². The highest BCUT2D eigenvalue weighted by atomic mass is 32.2. The molecule has 0 unspecified atom stereocenters. The average molecular weight is 614 g/mol. The predicted octanol–water partition coefficient (Wildman–Crippen LogP) is 7.05. The van der Waals surface area contributed by atoms with Crippen LogP contribution in [0.15, 0.2) is 71.7 Å². The summed E-state index contributed by atoms with van der Waals surface area (Å²) in [6.07, 6.45) is -4.30. The van der Waals surface area contributed by atoms with E-state index in [-0.39, 0.29) is 23.3 Å². The van der Waals surface area contributed by atoms with E-state index in [2.05, 4.69) is 25.7 Å². The van der Waals surface area contributed by atoms with E-state index in [1.54, 1.807) is 24.3 Å². The van der Waals surface area contributed by atoms with Crippen molar-refractivity contribution in [2.75, 3.05) is 27.8 Å². The molecule has 1 aliphatic rings. The Balaban J connectivity index is 1.28. The highest BCUT2D eigenvalue weighted by Crippen LogP contribution is 2.34. The SMILES string of the molecule is Cc1ccc(C(C)C)c(N2C(=O)CSC2=NC(=O)Nc2ccc(CCNC(=O)Nc3ccc(OC(F)(F)F)cc3)cc2)c1. The van der Waals surface area contributed by atoms with Crippen LogP contribution in [-0.4, -0.2) is 41.8 Å². The molecule has 0 spiro atoms. The highest BCUT2D eigenvalue weighted by molar-refractivity contribution is 8.15. The summed E-state index contributed by atoms with van der Waals surface area (Å²) in [5.74, 6) is -0.150. The number of rotatable bonds is 8. The molecule has 1 aliphatic heterocycles. The first-order valence-electron chi connectivity index (χ1n) is 13.3. The number of anilines is 3. The minimum Gasteiger partial charge on any atom is -0.406 e. The van der Waals surface area contributed by atoms with Gasteiger partial charge >= 0.3 is 18.4 Å². The van der Waals surface area contributed by atoms with Crippen molar-refractivity contribution in [3.63, 3.8) is 0 Å². The van der Waals surface area contributed by atoms with Crippen LogP contribution in [0.4, 0.5) is 39.8 Å². The van der Waals surface area contributed by atoms with E-state index in [0.717, 1.165) is 34.5 Å². The third kappa shape index (κ3) is 8.98. The molecule has 1 fully saturated rings. The fourth-order valence-electron chi connectivity index (χ4n) is 4.25. The summed E-state index contributed by atoms with van der Waals surface area (Å²) in [5.41, 5.74) is 4.43. The number of alkyl halides is 3. The Morgan fingerprint density at radius 1 is 1.00 bits per heavy atom. The van der Waals surface area contributed by atoms with Crippen molar-refractivity contribution in [3.05, 3.63) is 83.4 Å². The number of carbonyl (C=O) groups is 3. The molecule has 5 amide bonds.